The Morgan fingerprint density at radius 3 is 2.69 bits per heavy atom. The van der Waals surface area contributed by atoms with Crippen LogP contribution in [0.1, 0.15) is 25.7 Å². The van der Waals surface area contributed by atoms with Gasteiger partial charge in [0.2, 0.25) is 11.8 Å². The van der Waals surface area contributed by atoms with E-state index >= 15 is 0 Å². The number of nitrogens with two attached hydrogens (primary N) is 1. The lowest BCUT2D eigenvalue weighted by molar-refractivity contribution is -0.129. The zero-order valence-electron chi connectivity index (χ0n) is 15.3. The van der Waals surface area contributed by atoms with Gasteiger partial charge in [0.1, 0.15) is 6.54 Å². The lowest BCUT2D eigenvalue weighted by Crippen LogP contribution is -2.28. The van der Waals surface area contributed by atoms with Crippen LogP contribution in [-0.2, 0) is 16.1 Å². The number of hydrogen-bond donors (Lipinski definition) is 2. The first-order valence-corrected chi connectivity index (χ1v) is 8.78. The van der Waals surface area contributed by atoms with Crippen LogP contribution >= 0.6 is 12.4 Å². The van der Waals surface area contributed by atoms with Gasteiger partial charge in [0.25, 0.3) is 0 Å². The van der Waals surface area contributed by atoms with Crippen molar-refractivity contribution in [1.82, 2.24) is 9.47 Å². The largest absolute Gasteiger partial charge is 0.347 e. The van der Waals surface area contributed by atoms with Gasteiger partial charge in [-0.2, -0.15) is 0 Å². The molecule has 2 amide bonds. The van der Waals surface area contributed by atoms with Gasteiger partial charge in [0, 0.05) is 38.4 Å². The minimum Gasteiger partial charge on any atom is -0.347 e. The van der Waals surface area contributed by atoms with E-state index in [1.165, 1.54) is 0 Å². The minimum absolute atomic E-state index is 0. The first kappa shape index (κ1) is 20.3. The third kappa shape index (κ3) is 4.56. The molecule has 2 aromatic rings. The van der Waals surface area contributed by atoms with Crippen molar-refractivity contribution in [2.45, 2.75) is 38.3 Å². The highest BCUT2D eigenvalue weighted by molar-refractivity contribution is 5.94. The SMILES string of the molecule is CN(C)C(=O)Cn1ccc2ccc(NC(=O)C[C@@H]3CCC[C@H]3N)cc21.Cl. The number of nitrogens with one attached hydrogen (secondary N) is 1. The van der Waals surface area contributed by atoms with E-state index in [9.17, 15) is 9.59 Å². The molecule has 1 saturated carbocycles. The van der Waals surface area contributed by atoms with E-state index in [1.54, 1.807) is 19.0 Å². The Hall–Kier alpha value is -2.05. The molecule has 0 spiro atoms. The van der Waals surface area contributed by atoms with Crippen LogP contribution in [0.3, 0.4) is 0 Å². The minimum atomic E-state index is 0. The summed E-state index contributed by atoms with van der Waals surface area (Å²) in [6.45, 7) is 0.283. The summed E-state index contributed by atoms with van der Waals surface area (Å²) in [7, 11) is 3.49. The predicted molar refractivity (Wildman–Crippen MR) is 106 cm³/mol. The van der Waals surface area contributed by atoms with Crippen LogP contribution in [0.15, 0.2) is 30.5 Å². The van der Waals surface area contributed by atoms with Crippen molar-refractivity contribution >= 4 is 40.8 Å². The molecule has 1 heterocycles. The van der Waals surface area contributed by atoms with E-state index in [-0.39, 0.29) is 42.7 Å². The van der Waals surface area contributed by atoms with Crippen LogP contribution in [0.5, 0.6) is 0 Å². The maximum atomic E-state index is 12.3. The molecule has 7 heteroatoms. The average molecular weight is 379 g/mol. The molecule has 0 aliphatic heterocycles. The van der Waals surface area contributed by atoms with Crippen LogP contribution in [0.2, 0.25) is 0 Å². The fraction of sp³-hybridized carbons (Fsp3) is 0.474. The van der Waals surface area contributed by atoms with Gasteiger partial charge < -0.3 is 20.5 Å². The summed E-state index contributed by atoms with van der Waals surface area (Å²) >= 11 is 0. The van der Waals surface area contributed by atoms with Gasteiger partial charge in [-0.15, -0.1) is 12.4 Å². The summed E-state index contributed by atoms with van der Waals surface area (Å²) in [5.74, 6) is 0.316. The molecule has 1 aromatic heterocycles. The van der Waals surface area contributed by atoms with Crippen molar-refractivity contribution in [2.75, 3.05) is 19.4 Å². The molecule has 6 nitrogen and oxygen atoms in total. The van der Waals surface area contributed by atoms with E-state index in [4.69, 9.17) is 5.73 Å². The van der Waals surface area contributed by atoms with Crippen molar-refractivity contribution in [3.63, 3.8) is 0 Å². The number of carbonyl (C=O) groups is 2. The second-order valence-corrected chi connectivity index (χ2v) is 7.11. The lowest BCUT2D eigenvalue weighted by atomic mass is 10.00. The van der Waals surface area contributed by atoms with Crippen molar-refractivity contribution in [1.29, 1.82) is 0 Å². The molecule has 3 N–H and O–H groups in total. The molecule has 0 radical (unpaired) electrons. The molecule has 1 aliphatic carbocycles. The lowest BCUT2D eigenvalue weighted by Gasteiger charge is -2.15. The van der Waals surface area contributed by atoms with Crippen LogP contribution in [0.25, 0.3) is 10.9 Å². The highest BCUT2D eigenvalue weighted by Crippen LogP contribution is 2.27. The summed E-state index contributed by atoms with van der Waals surface area (Å²) in [6, 6.07) is 7.89. The average Bonchev–Trinajstić information content (AvgIpc) is 3.14. The van der Waals surface area contributed by atoms with E-state index in [1.807, 2.05) is 35.0 Å². The standard InChI is InChI=1S/C19H26N4O2.ClH/c1-22(2)19(25)12-23-9-8-13-6-7-15(11-17(13)23)21-18(24)10-14-4-3-5-16(14)20;/h6-9,11,14,16H,3-5,10,12,20H2,1-2H3,(H,21,24);1H/t14-,16+;/m0./s1. The van der Waals surface area contributed by atoms with Gasteiger partial charge in [-0.05, 0) is 42.3 Å². The number of fused-ring (bicyclic) bond motifs is 1. The maximum absolute atomic E-state index is 12.3. The Labute approximate surface area is 160 Å². The van der Waals surface area contributed by atoms with Gasteiger partial charge in [0.15, 0.2) is 0 Å². The Balaban J connectivity index is 0.00000243. The Bertz CT molecular complexity index is 787. The number of likely N-dealkylation sites (N-methyl/N-ethyl adjacent to an activating group) is 1. The van der Waals surface area contributed by atoms with Crippen molar-refractivity contribution in [3.05, 3.63) is 30.5 Å². The number of carbonyl (C=O) groups excluding carboxylic acids is 2. The summed E-state index contributed by atoms with van der Waals surface area (Å²) < 4.78 is 1.90. The highest BCUT2D eigenvalue weighted by atomic mass is 35.5. The summed E-state index contributed by atoms with van der Waals surface area (Å²) in [4.78, 5) is 25.8. The van der Waals surface area contributed by atoms with Crippen LogP contribution in [0, 0.1) is 5.92 Å². The maximum Gasteiger partial charge on any atom is 0.241 e. The molecule has 0 saturated heterocycles. The van der Waals surface area contributed by atoms with Crippen molar-refractivity contribution < 1.29 is 9.59 Å². The molecule has 1 aromatic carbocycles. The zero-order chi connectivity index (χ0) is 18.0. The molecular weight excluding hydrogens is 352 g/mol. The molecule has 1 aliphatic rings. The van der Waals surface area contributed by atoms with E-state index in [2.05, 4.69) is 5.32 Å². The molecule has 3 rings (SSSR count). The third-order valence-electron chi connectivity index (χ3n) is 5.03. The number of nitrogens with zero attached hydrogens (tertiary/aromatic N) is 2. The summed E-state index contributed by atoms with van der Waals surface area (Å²) in [5.41, 5.74) is 7.74. The van der Waals surface area contributed by atoms with Gasteiger partial charge in [-0.25, -0.2) is 0 Å². The molecule has 0 unspecified atom stereocenters. The molecule has 142 valence electrons. The van der Waals surface area contributed by atoms with Crippen LogP contribution in [0.4, 0.5) is 5.69 Å². The second kappa shape index (κ2) is 8.56. The molecule has 1 fully saturated rings. The Morgan fingerprint density at radius 1 is 1.27 bits per heavy atom. The van der Waals surface area contributed by atoms with E-state index in [0.717, 1.165) is 35.9 Å². The molecular formula is C19H27ClN4O2. The Morgan fingerprint density at radius 2 is 2.04 bits per heavy atom. The second-order valence-electron chi connectivity index (χ2n) is 7.11. The number of aromatic nitrogens is 1. The van der Waals surface area contributed by atoms with Gasteiger partial charge in [-0.3, -0.25) is 9.59 Å². The van der Waals surface area contributed by atoms with Gasteiger partial charge in [-0.1, -0.05) is 12.5 Å². The molecule has 26 heavy (non-hydrogen) atoms. The fourth-order valence-corrected chi connectivity index (χ4v) is 3.46. The molecule has 2 atom stereocenters. The zero-order valence-corrected chi connectivity index (χ0v) is 16.1. The molecule has 0 bridgehead atoms. The van der Waals surface area contributed by atoms with Crippen molar-refractivity contribution in [2.24, 2.45) is 11.7 Å². The van der Waals surface area contributed by atoms with Gasteiger partial charge >= 0.3 is 0 Å². The van der Waals surface area contributed by atoms with E-state index < -0.39 is 0 Å². The number of anilines is 1. The number of rotatable bonds is 5. The Kier molecular flexibility index (Phi) is 6.67. The summed E-state index contributed by atoms with van der Waals surface area (Å²) in [5, 5.41) is 4.02. The summed E-state index contributed by atoms with van der Waals surface area (Å²) in [6.07, 6.45) is 5.52. The fourth-order valence-electron chi connectivity index (χ4n) is 3.46. The number of halogens is 1. The first-order valence-electron chi connectivity index (χ1n) is 8.78. The third-order valence-corrected chi connectivity index (χ3v) is 5.03. The predicted octanol–water partition coefficient (Wildman–Crippen LogP) is 2.61. The van der Waals surface area contributed by atoms with E-state index in [0.29, 0.717) is 6.42 Å². The number of amides is 2. The first-order chi connectivity index (χ1) is 11.9. The smallest absolute Gasteiger partial charge is 0.241 e. The normalized spacial score (nSPS) is 19.2. The number of benzene rings is 1. The number of hydrogen-bond acceptors (Lipinski definition) is 3. The topological polar surface area (TPSA) is 80.4 Å². The quantitative estimate of drug-likeness (QED) is 0.839. The van der Waals surface area contributed by atoms with Crippen molar-refractivity contribution in [3.8, 4) is 0 Å². The monoisotopic (exact) mass is 378 g/mol. The highest BCUT2D eigenvalue weighted by Gasteiger charge is 2.26. The van der Waals surface area contributed by atoms with Gasteiger partial charge in [0.05, 0.1) is 5.52 Å². The van der Waals surface area contributed by atoms with Crippen LogP contribution in [-0.4, -0.2) is 41.4 Å². The van der Waals surface area contributed by atoms with Crippen LogP contribution < -0.4 is 11.1 Å².